The average Bonchev–Trinajstić information content (AvgIpc) is 3.43. The number of carbonyl (C=O) groups is 2. The highest BCUT2D eigenvalue weighted by Gasteiger charge is 2.30. The number of hydrogen-bond donors (Lipinski definition) is 1. The van der Waals surface area contributed by atoms with Crippen molar-refractivity contribution in [3.8, 4) is 12.3 Å². The van der Waals surface area contributed by atoms with Gasteiger partial charge in [0.15, 0.2) is 17.0 Å². The van der Waals surface area contributed by atoms with E-state index in [1.807, 2.05) is 11.5 Å². The topological polar surface area (TPSA) is 99.0 Å². The summed E-state index contributed by atoms with van der Waals surface area (Å²) in [6.07, 6.45) is 26.7. The first kappa shape index (κ1) is 37.7. The summed E-state index contributed by atoms with van der Waals surface area (Å²) in [5.74, 6) is 3.08. The third-order valence-corrected chi connectivity index (χ3v) is 8.92. The predicted molar refractivity (Wildman–Crippen MR) is 185 cm³/mol. The maximum Gasteiger partial charge on any atom is 0.308 e. The van der Waals surface area contributed by atoms with Crippen molar-refractivity contribution in [1.29, 1.82) is 0 Å². The van der Waals surface area contributed by atoms with Crippen LogP contribution in [0.4, 0.5) is 5.82 Å². The number of amides is 1. The predicted octanol–water partition coefficient (Wildman–Crippen LogP) is 8.15. The molecule has 2 rings (SSSR count). The van der Waals surface area contributed by atoms with Gasteiger partial charge in [0.25, 0.3) is 0 Å². The first-order valence-corrected chi connectivity index (χ1v) is 17.8. The molecule has 0 bridgehead atoms. The first-order chi connectivity index (χ1) is 21.3. The van der Waals surface area contributed by atoms with Gasteiger partial charge >= 0.3 is 5.97 Å². The van der Waals surface area contributed by atoms with Gasteiger partial charge in [-0.2, -0.15) is 0 Å². The summed E-state index contributed by atoms with van der Waals surface area (Å²) in [5, 5.41) is 2.96. The first-order valence-electron chi connectivity index (χ1n) is 17.3. The van der Waals surface area contributed by atoms with Crippen molar-refractivity contribution in [2.24, 2.45) is 11.3 Å². The van der Waals surface area contributed by atoms with E-state index in [4.69, 9.17) is 11.2 Å². The number of aromatic nitrogens is 4. The molecule has 0 saturated carbocycles. The van der Waals surface area contributed by atoms with Crippen molar-refractivity contribution in [3.05, 3.63) is 6.33 Å². The number of rotatable bonds is 24. The monoisotopic (exact) mass is 627 g/mol. The number of hydrogen-bond acceptors (Lipinski definition) is 6. The lowest BCUT2D eigenvalue weighted by Gasteiger charge is -2.28. The maximum absolute atomic E-state index is 12.8. The Kier molecular flexibility index (Phi) is 18.2. The molecule has 0 aromatic carbocycles. The second-order valence-electron chi connectivity index (χ2n) is 12.3. The molecule has 8 nitrogen and oxygen atoms in total. The van der Waals surface area contributed by atoms with Crippen molar-refractivity contribution in [2.75, 3.05) is 11.9 Å². The number of aryl methyl sites for hydroxylation is 1. The van der Waals surface area contributed by atoms with Crippen molar-refractivity contribution in [2.45, 2.75) is 150 Å². The van der Waals surface area contributed by atoms with Crippen LogP contribution in [0.5, 0.6) is 0 Å². The molecule has 9 heteroatoms. The van der Waals surface area contributed by atoms with Crippen LogP contribution in [0.3, 0.4) is 0 Å². The van der Waals surface area contributed by atoms with Gasteiger partial charge in [-0.25, -0.2) is 15.0 Å². The fourth-order valence-electron chi connectivity index (χ4n) is 5.66. The zero-order valence-electron chi connectivity index (χ0n) is 28.0. The van der Waals surface area contributed by atoms with Crippen LogP contribution in [-0.4, -0.2) is 38.0 Å². The van der Waals surface area contributed by atoms with Gasteiger partial charge in [0.1, 0.15) is 12.2 Å². The molecule has 246 valence electrons. The summed E-state index contributed by atoms with van der Waals surface area (Å²) in [4.78, 5) is 39.1. The number of carbonyl (C=O) groups excluding carboxylic acids is 2. The van der Waals surface area contributed by atoms with E-state index in [0.717, 1.165) is 38.5 Å². The molecule has 1 N–H and O–H groups in total. The summed E-state index contributed by atoms with van der Waals surface area (Å²) in [5.41, 5.74) is 1.09. The fraction of sp³-hybridized carbons (Fsp3) is 0.743. The summed E-state index contributed by atoms with van der Waals surface area (Å²) in [6.45, 7) is 9.20. The molecule has 44 heavy (non-hydrogen) atoms. The largest absolute Gasteiger partial charge is 0.464 e. The number of anilines is 1. The van der Waals surface area contributed by atoms with Crippen molar-refractivity contribution in [1.82, 2.24) is 19.5 Å². The number of nitrogens with zero attached hydrogens (tertiary/aromatic N) is 4. The van der Waals surface area contributed by atoms with Crippen LogP contribution >= 0.6 is 9.24 Å². The molecule has 0 fully saturated rings. The van der Waals surface area contributed by atoms with Crippen LogP contribution < -0.4 is 10.9 Å². The van der Waals surface area contributed by atoms with Crippen molar-refractivity contribution in [3.63, 3.8) is 0 Å². The summed E-state index contributed by atoms with van der Waals surface area (Å²) < 4.78 is 7.73. The molecule has 1 amide bonds. The van der Waals surface area contributed by atoms with Gasteiger partial charge < -0.3 is 14.6 Å². The number of terminal acetylenes is 1. The standard InChI is InChI=1S/C35H58N5O3P/c1-6-11-12-13-14-15-16-17-18-19-20-23-29(41)37-31-30-32(39-34(44)38-31)40(27-36-30)25-24-35(9-4,10-5)26-43-33(42)28(21-7-2)22-8-3/h4,27-28H,6-8,10-26,44H2,1-3,5H3,(H,37,38,39,41). The Hall–Kier alpha value is -2.52. The zero-order valence-corrected chi connectivity index (χ0v) is 29.1. The maximum atomic E-state index is 12.8. The number of ether oxygens (including phenoxy) is 1. The number of imidazole rings is 1. The molecule has 0 aliphatic rings. The third kappa shape index (κ3) is 12.8. The van der Waals surface area contributed by atoms with Crippen LogP contribution in [0.15, 0.2) is 6.33 Å². The lowest BCUT2D eigenvalue weighted by Crippen LogP contribution is -2.30. The van der Waals surface area contributed by atoms with Gasteiger partial charge in [-0.05, 0) is 32.1 Å². The van der Waals surface area contributed by atoms with E-state index in [2.05, 4.69) is 56.2 Å². The van der Waals surface area contributed by atoms with E-state index in [1.165, 1.54) is 57.8 Å². The molecular weight excluding hydrogens is 569 g/mol. The van der Waals surface area contributed by atoms with Crippen LogP contribution in [0.25, 0.3) is 11.2 Å². The number of nitrogens with one attached hydrogen (secondary N) is 1. The van der Waals surface area contributed by atoms with E-state index >= 15 is 0 Å². The Morgan fingerprint density at radius 1 is 0.955 bits per heavy atom. The number of unbranched alkanes of at least 4 members (excludes halogenated alkanes) is 10. The molecule has 2 heterocycles. The van der Waals surface area contributed by atoms with Crippen LogP contribution in [0.1, 0.15) is 143 Å². The fourth-order valence-corrected chi connectivity index (χ4v) is 5.91. The molecule has 0 aliphatic carbocycles. The summed E-state index contributed by atoms with van der Waals surface area (Å²) in [6, 6.07) is 0. The molecule has 2 atom stereocenters. The SMILES string of the molecule is C#CC(CC)(CCn1cnc2c(NC(=O)CCCCCCCCCCCCC)nc(P)nc21)COC(=O)C(CCC)CCC. The highest BCUT2D eigenvalue weighted by molar-refractivity contribution is 7.26. The van der Waals surface area contributed by atoms with Gasteiger partial charge in [-0.1, -0.05) is 120 Å². The van der Waals surface area contributed by atoms with Gasteiger partial charge in [-0.15, -0.1) is 6.42 Å². The molecule has 2 unspecified atom stereocenters. The van der Waals surface area contributed by atoms with Crippen LogP contribution in [0.2, 0.25) is 0 Å². The third-order valence-electron chi connectivity index (χ3n) is 8.66. The molecule has 0 spiro atoms. The van der Waals surface area contributed by atoms with Crippen LogP contribution in [-0.2, 0) is 20.9 Å². The Balaban J connectivity index is 1.90. The summed E-state index contributed by atoms with van der Waals surface area (Å²) >= 11 is 0. The smallest absolute Gasteiger partial charge is 0.308 e. The van der Waals surface area contributed by atoms with E-state index in [9.17, 15) is 9.59 Å². The minimum absolute atomic E-state index is 0.0523. The molecule has 0 aliphatic heterocycles. The van der Waals surface area contributed by atoms with Gasteiger partial charge in [0.2, 0.25) is 5.91 Å². The van der Waals surface area contributed by atoms with Crippen molar-refractivity contribution >= 4 is 43.7 Å². The minimum Gasteiger partial charge on any atom is -0.464 e. The van der Waals surface area contributed by atoms with Gasteiger partial charge in [-0.3, -0.25) is 9.59 Å². The molecule has 2 aromatic rings. The second-order valence-corrected chi connectivity index (χ2v) is 12.8. The van der Waals surface area contributed by atoms with E-state index in [1.54, 1.807) is 6.33 Å². The van der Waals surface area contributed by atoms with Crippen LogP contribution in [0, 0.1) is 23.7 Å². The van der Waals surface area contributed by atoms with E-state index in [0.29, 0.717) is 48.4 Å². The minimum atomic E-state index is -0.586. The lowest BCUT2D eigenvalue weighted by molar-refractivity contribution is -0.152. The Morgan fingerprint density at radius 2 is 1.57 bits per heavy atom. The quantitative estimate of drug-likeness (QED) is 0.0546. The number of fused-ring (bicyclic) bond motifs is 1. The Labute approximate surface area is 268 Å². The highest BCUT2D eigenvalue weighted by Crippen LogP contribution is 2.29. The van der Waals surface area contributed by atoms with E-state index in [-0.39, 0.29) is 24.4 Å². The molecule has 0 saturated heterocycles. The number of esters is 1. The molecular formula is C35H58N5O3P. The van der Waals surface area contributed by atoms with Gasteiger partial charge in [0, 0.05) is 13.0 Å². The van der Waals surface area contributed by atoms with E-state index < -0.39 is 5.41 Å². The van der Waals surface area contributed by atoms with Crippen molar-refractivity contribution < 1.29 is 14.3 Å². The van der Waals surface area contributed by atoms with Gasteiger partial charge in [0.05, 0.1) is 17.7 Å². The molecule has 2 aromatic heterocycles. The molecule has 0 radical (unpaired) electrons. The average molecular weight is 628 g/mol. The normalized spacial score (nSPS) is 12.8. The Bertz CT molecular complexity index is 1170. The summed E-state index contributed by atoms with van der Waals surface area (Å²) in [7, 11) is 2.52. The lowest BCUT2D eigenvalue weighted by atomic mass is 9.83. The zero-order chi connectivity index (χ0) is 32.2. The highest BCUT2D eigenvalue weighted by atomic mass is 31.0. The Morgan fingerprint density at radius 3 is 2.14 bits per heavy atom. The second kappa shape index (κ2) is 21.3.